The van der Waals surface area contributed by atoms with Crippen LogP contribution in [0.25, 0.3) is 10.2 Å². The minimum absolute atomic E-state index is 0.219. The molecule has 118 valence electrons. The fourth-order valence-corrected chi connectivity index (χ4v) is 3.68. The van der Waals surface area contributed by atoms with E-state index in [0.29, 0.717) is 10.4 Å². The van der Waals surface area contributed by atoms with Gasteiger partial charge in [0, 0.05) is 12.6 Å². The number of carbonyl (C=O) groups is 1. The molecule has 3 rings (SSSR count). The summed E-state index contributed by atoms with van der Waals surface area (Å²) in [5.74, 6) is 0.560. The molecule has 1 aromatic heterocycles. The van der Waals surface area contributed by atoms with Crippen molar-refractivity contribution in [1.29, 1.82) is 0 Å². The number of ether oxygens (including phenoxy) is 1. The van der Waals surface area contributed by atoms with Gasteiger partial charge in [-0.1, -0.05) is 35.1 Å². The lowest BCUT2D eigenvalue weighted by Gasteiger charge is -2.03. The summed E-state index contributed by atoms with van der Waals surface area (Å²) in [5, 5.41) is 0. The van der Waals surface area contributed by atoms with Crippen LogP contribution in [0.15, 0.2) is 41.4 Å². The molecule has 0 saturated carbocycles. The molecule has 4 nitrogen and oxygen atoms in total. The Morgan fingerprint density at radius 1 is 1.22 bits per heavy atom. The Labute approximate surface area is 138 Å². The number of nitrogens with zero attached hydrogens (tertiary/aromatic N) is 2. The number of carbonyl (C=O) groups excluding carboxylic acids is 1. The average Bonchev–Trinajstić information content (AvgIpc) is 2.83. The Hall–Kier alpha value is -2.40. The summed E-state index contributed by atoms with van der Waals surface area (Å²) in [6.45, 7) is 3.94. The summed E-state index contributed by atoms with van der Waals surface area (Å²) in [4.78, 5) is 17.5. The van der Waals surface area contributed by atoms with Crippen molar-refractivity contribution in [3.8, 4) is 5.75 Å². The molecule has 0 bridgehead atoms. The molecule has 0 aliphatic carbocycles. The van der Waals surface area contributed by atoms with Crippen molar-refractivity contribution in [3.63, 3.8) is 0 Å². The monoisotopic (exact) mass is 326 g/mol. The van der Waals surface area contributed by atoms with Crippen LogP contribution in [0.5, 0.6) is 5.75 Å². The second kappa shape index (κ2) is 6.01. The van der Waals surface area contributed by atoms with E-state index >= 15 is 0 Å². The van der Waals surface area contributed by atoms with Gasteiger partial charge in [-0.05, 0) is 37.6 Å². The highest BCUT2D eigenvalue weighted by atomic mass is 32.1. The van der Waals surface area contributed by atoms with Crippen LogP contribution in [0.1, 0.15) is 21.5 Å². The molecule has 0 atom stereocenters. The van der Waals surface area contributed by atoms with Gasteiger partial charge >= 0.3 is 0 Å². The standard InChI is InChI=1S/C18H18N2O2S/c1-11-8-9-13(12(2)10-11)17(21)19-18-20(3)16-14(22-4)6-5-7-15(16)23-18/h5-10H,1-4H3. The molecule has 0 aliphatic heterocycles. The summed E-state index contributed by atoms with van der Waals surface area (Å²) in [6, 6.07) is 11.6. The molecule has 1 heterocycles. The number of aromatic nitrogens is 1. The fourth-order valence-electron chi connectivity index (χ4n) is 2.64. The van der Waals surface area contributed by atoms with Gasteiger partial charge in [0.2, 0.25) is 0 Å². The molecule has 0 fully saturated rings. The predicted molar refractivity (Wildman–Crippen MR) is 93.2 cm³/mol. The van der Waals surface area contributed by atoms with E-state index in [1.165, 1.54) is 11.3 Å². The first-order chi connectivity index (χ1) is 11.0. The van der Waals surface area contributed by atoms with Crippen molar-refractivity contribution in [3.05, 3.63) is 57.9 Å². The van der Waals surface area contributed by atoms with Crippen molar-refractivity contribution in [1.82, 2.24) is 4.57 Å². The lowest BCUT2D eigenvalue weighted by molar-refractivity contribution is 0.0997. The Morgan fingerprint density at radius 2 is 2.00 bits per heavy atom. The van der Waals surface area contributed by atoms with Crippen LogP contribution in [0.4, 0.5) is 0 Å². The topological polar surface area (TPSA) is 43.6 Å². The summed E-state index contributed by atoms with van der Waals surface area (Å²) in [6.07, 6.45) is 0. The molecule has 0 radical (unpaired) electrons. The highest BCUT2D eigenvalue weighted by molar-refractivity contribution is 7.16. The van der Waals surface area contributed by atoms with Gasteiger partial charge in [-0.15, -0.1) is 0 Å². The number of rotatable bonds is 2. The number of thiazole rings is 1. The first-order valence-electron chi connectivity index (χ1n) is 7.30. The van der Waals surface area contributed by atoms with Crippen LogP contribution >= 0.6 is 11.3 Å². The largest absolute Gasteiger partial charge is 0.495 e. The zero-order valence-corrected chi connectivity index (χ0v) is 14.4. The minimum atomic E-state index is -0.219. The summed E-state index contributed by atoms with van der Waals surface area (Å²) in [7, 11) is 3.54. The third-order valence-electron chi connectivity index (χ3n) is 3.81. The van der Waals surface area contributed by atoms with E-state index in [2.05, 4.69) is 4.99 Å². The van der Waals surface area contributed by atoms with Crippen LogP contribution in [0.2, 0.25) is 0 Å². The lowest BCUT2D eigenvalue weighted by Crippen LogP contribution is -2.14. The number of fused-ring (bicyclic) bond motifs is 1. The molecule has 1 amide bonds. The van der Waals surface area contributed by atoms with Crippen LogP contribution in [0.3, 0.4) is 0 Å². The van der Waals surface area contributed by atoms with E-state index in [1.807, 2.05) is 61.9 Å². The zero-order chi connectivity index (χ0) is 16.6. The quantitative estimate of drug-likeness (QED) is 0.722. The number of para-hydroxylation sites is 1. The fraction of sp³-hybridized carbons (Fsp3) is 0.222. The van der Waals surface area contributed by atoms with Gasteiger partial charge in [-0.25, -0.2) is 0 Å². The number of hydrogen-bond acceptors (Lipinski definition) is 3. The van der Waals surface area contributed by atoms with E-state index in [1.54, 1.807) is 7.11 Å². The van der Waals surface area contributed by atoms with Crippen LogP contribution in [-0.4, -0.2) is 17.6 Å². The van der Waals surface area contributed by atoms with Gasteiger partial charge in [0.15, 0.2) is 4.80 Å². The maximum absolute atomic E-state index is 12.5. The highest BCUT2D eigenvalue weighted by Crippen LogP contribution is 2.26. The van der Waals surface area contributed by atoms with Gasteiger partial charge in [0.05, 0.1) is 11.8 Å². The van der Waals surface area contributed by atoms with Gasteiger partial charge in [0.25, 0.3) is 5.91 Å². The molecule has 0 spiro atoms. The first kappa shape index (κ1) is 15.5. The maximum Gasteiger partial charge on any atom is 0.279 e. The first-order valence-corrected chi connectivity index (χ1v) is 8.11. The van der Waals surface area contributed by atoms with E-state index in [4.69, 9.17) is 4.74 Å². The summed E-state index contributed by atoms with van der Waals surface area (Å²) in [5.41, 5.74) is 3.67. The van der Waals surface area contributed by atoms with E-state index in [9.17, 15) is 4.79 Å². The Balaban J connectivity index is 2.14. The number of hydrogen-bond donors (Lipinski definition) is 0. The van der Waals surface area contributed by atoms with Crippen molar-refractivity contribution >= 4 is 27.5 Å². The number of methoxy groups -OCH3 is 1. The van der Waals surface area contributed by atoms with Crippen molar-refractivity contribution in [2.24, 2.45) is 12.0 Å². The normalized spacial score (nSPS) is 11.9. The van der Waals surface area contributed by atoms with Crippen molar-refractivity contribution < 1.29 is 9.53 Å². The molecule has 2 aromatic carbocycles. The second-order valence-corrected chi connectivity index (χ2v) is 6.50. The third kappa shape index (κ3) is 2.80. The van der Waals surface area contributed by atoms with Gasteiger partial charge < -0.3 is 9.30 Å². The molecule has 0 saturated heterocycles. The molecule has 5 heteroatoms. The van der Waals surface area contributed by atoms with Crippen LogP contribution in [0, 0.1) is 13.8 Å². The Morgan fingerprint density at radius 3 is 2.70 bits per heavy atom. The number of amides is 1. The molecular formula is C18H18N2O2S. The second-order valence-electron chi connectivity index (χ2n) is 5.49. The van der Waals surface area contributed by atoms with Crippen LogP contribution in [-0.2, 0) is 7.05 Å². The molecular weight excluding hydrogens is 308 g/mol. The van der Waals surface area contributed by atoms with Crippen LogP contribution < -0.4 is 9.54 Å². The minimum Gasteiger partial charge on any atom is -0.495 e. The summed E-state index contributed by atoms with van der Waals surface area (Å²) < 4.78 is 8.35. The number of benzene rings is 2. The third-order valence-corrected chi connectivity index (χ3v) is 4.91. The van der Waals surface area contributed by atoms with E-state index in [0.717, 1.165) is 27.1 Å². The molecule has 3 aromatic rings. The number of aryl methyl sites for hydroxylation is 3. The van der Waals surface area contributed by atoms with Gasteiger partial charge in [0.1, 0.15) is 11.3 Å². The molecule has 23 heavy (non-hydrogen) atoms. The highest BCUT2D eigenvalue weighted by Gasteiger charge is 2.11. The van der Waals surface area contributed by atoms with Gasteiger partial charge in [-0.2, -0.15) is 4.99 Å². The SMILES string of the molecule is COc1cccc2sc(=NC(=O)c3ccc(C)cc3C)n(C)c12. The Bertz CT molecular complexity index is 967. The van der Waals surface area contributed by atoms with Crippen molar-refractivity contribution in [2.45, 2.75) is 13.8 Å². The molecule has 0 aliphatic rings. The molecule has 0 N–H and O–H groups in total. The maximum atomic E-state index is 12.5. The average molecular weight is 326 g/mol. The van der Waals surface area contributed by atoms with Gasteiger partial charge in [-0.3, -0.25) is 4.79 Å². The summed E-state index contributed by atoms with van der Waals surface area (Å²) >= 11 is 1.48. The van der Waals surface area contributed by atoms with Crippen molar-refractivity contribution in [2.75, 3.05) is 7.11 Å². The van der Waals surface area contributed by atoms with E-state index < -0.39 is 0 Å². The molecule has 0 unspecified atom stereocenters. The Kier molecular flexibility index (Phi) is 4.05. The van der Waals surface area contributed by atoms with E-state index in [-0.39, 0.29) is 5.91 Å². The predicted octanol–water partition coefficient (Wildman–Crippen LogP) is 3.61. The zero-order valence-electron chi connectivity index (χ0n) is 13.6. The lowest BCUT2D eigenvalue weighted by atomic mass is 10.1. The smallest absolute Gasteiger partial charge is 0.279 e.